The molecule has 0 radical (unpaired) electrons. The number of nitrogens with zero attached hydrogens (tertiary/aromatic N) is 1. The zero-order valence-corrected chi connectivity index (χ0v) is 11.6. The molecule has 3 nitrogen and oxygen atoms in total. The first kappa shape index (κ1) is 13.6. The van der Waals surface area contributed by atoms with Crippen LogP contribution in [0.1, 0.15) is 24.1 Å². The van der Waals surface area contributed by atoms with Gasteiger partial charge in [0, 0.05) is 17.3 Å². The van der Waals surface area contributed by atoms with Crippen LogP contribution in [0.4, 0.5) is 0 Å². The van der Waals surface area contributed by atoms with Crippen molar-refractivity contribution < 1.29 is 4.79 Å². The lowest BCUT2D eigenvalue weighted by atomic mass is 10.1. The number of amides is 1. The summed E-state index contributed by atoms with van der Waals surface area (Å²) in [6, 6.07) is 11.4. The molecule has 0 bridgehead atoms. The topological polar surface area (TPSA) is 42.0 Å². The van der Waals surface area contributed by atoms with E-state index in [0.717, 1.165) is 16.0 Å². The van der Waals surface area contributed by atoms with Gasteiger partial charge in [0.2, 0.25) is 5.91 Å². The number of aromatic nitrogens is 1. The number of carbonyl (C=O) groups excluding carboxylic acids is 1. The van der Waals surface area contributed by atoms with Crippen LogP contribution in [0.15, 0.2) is 53.7 Å². The molecule has 1 aromatic carbocycles. The van der Waals surface area contributed by atoms with E-state index in [0.29, 0.717) is 6.42 Å². The lowest BCUT2D eigenvalue weighted by Gasteiger charge is -2.14. The second kappa shape index (κ2) is 6.38. The maximum absolute atomic E-state index is 11.9. The first-order chi connectivity index (χ1) is 9.15. The molecule has 1 aromatic heterocycles. The highest BCUT2D eigenvalue weighted by Gasteiger charge is 2.09. The van der Waals surface area contributed by atoms with Gasteiger partial charge in [-0.1, -0.05) is 12.1 Å². The second-order valence-corrected chi connectivity index (χ2v) is 4.93. The van der Waals surface area contributed by atoms with Gasteiger partial charge in [-0.05, 0) is 42.3 Å². The Hall–Kier alpha value is -1.81. The van der Waals surface area contributed by atoms with Crippen molar-refractivity contribution in [2.24, 2.45) is 0 Å². The van der Waals surface area contributed by atoms with E-state index in [-0.39, 0.29) is 11.9 Å². The summed E-state index contributed by atoms with van der Waals surface area (Å²) in [5, 5.41) is 2.97. The summed E-state index contributed by atoms with van der Waals surface area (Å²) >= 11 is 4.22. The van der Waals surface area contributed by atoms with Gasteiger partial charge in [0.15, 0.2) is 0 Å². The van der Waals surface area contributed by atoms with Gasteiger partial charge in [0.05, 0.1) is 12.5 Å². The summed E-state index contributed by atoms with van der Waals surface area (Å²) < 4.78 is 0. The van der Waals surface area contributed by atoms with Crippen LogP contribution in [0.5, 0.6) is 0 Å². The third-order valence-electron chi connectivity index (χ3n) is 2.88. The van der Waals surface area contributed by atoms with Crippen molar-refractivity contribution >= 4 is 18.5 Å². The fourth-order valence-electron chi connectivity index (χ4n) is 1.83. The molecule has 19 heavy (non-hydrogen) atoms. The van der Waals surface area contributed by atoms with E-state index in [1.807, 2.05) is 43.3 Å². The van der Waals surface area contributed by atoms with Crippen molar-refractivity contribution in [2.45, 2.75) is 24.3 Å². The summed E-state index contributed by atoms with van der Waals surface area (Å²) in [6.45, 7) is 1.96. The highest BCUT2D eigenvalue weighted by atomic mass is 32.1. The van der Waals surface area contributed by atoms with Crippen LogP contribution in [0.3, 0.4) is 0 Å². The van der Waals surface area contributed by atoms with Crippen molar-refractivity contribution in [3.63, 3.8) is 0 Å². The number of pyridine rings is 1. The molecule has 0 fully saturated rings. The van der Waals surface area contributed by atoms with Gasteiger partial charge in [-0.25, -0.2) is 0 Å². The van der Waals surface area contributed by atoms with Crippen LogP contribution in [-0.2, 0) is 11.2 Å². The molecule has 98 valence electrons. The van der Waals surface area contributed by atoms with Crippen LogP contribution in [-0.4, -0.2) is 10.9 Å². The molecule has 0 spiro atoms. The second-order valence-electron chi connectivity index (χ2n) is 4.41. The molecule has 1 unspecified atom stereocenters. The Kier molecular flexibility index (Phi) is 4.58. The molecular weight excluding hydrogens is 256 g/mol. The van der Waals surface area contributed by atoms with E-state index in [9.17, 15) is 4.79 Å². The van der Waals surface area contributed by atoms with Gasteiger partial charge >= 0.3 is 0 Å². The molecule has 0 saturated carbocycles. The van der Waals surface area contributed by atoms with Gasteiger partial charge < -0.3 is 5.32 Å². The van der Waals surface area contributed by atoms with Gasteiger partial charge in [-0.15, -0.1) is 12.6 Å². The Morgan fingerprint density at radius 1 is 1.21 bits per heavy atom. The quantitative estimate of drug-likeness (QED) is 0.840. The molecule has 1 N–H and O–H groups in total. The summed E-state index contributed by atoms with van der Waals surface area (Å²) in [6.07, 6.45) is 3.83. The monoisotopic (exact) mass is 272 g/mol. The SMILES string of the molecule is CC(NC(=O)Cc1ccc(S)cc1)c1ccncc1. The zero-order chi connectivity index (χ0) is 13.7. The van der Waals surface area contributed by atoms with Gasteiger partial charge in [-0.2, -0.15) is 0 Å². The fraction of sp³-hybridized carbons (Fsp3) is 0.200. The average molecular weight is 272 g/mol. The van der Waals surface area contributed by atoms with Crippen LogP contribution < -0.4 is 5.32 Å². The molecule has 2 rings (SSSR count). The Bertz CT molecular complexity index is 540. The third kappa shape index (κ3) is 4.10. The Balaban J connectivity index is 1.93. The van der Waals surface area contributed by atoms with Crippen LogP contribution >= 0.6 is 12.6 Å². The Morgan fingerprint density at radius 3 is 2.47 bits per heavy atom. The number of hydrogen-bond donors (Lipinski definition) is 2. The van der Waals surface area contributed by atoms with Crippen LogP contribution in [0, 0.1) is 0 Å². The zero-order valence-electron chi connectivity index (χ0n) is 10.7. The molecule has 1 atom stereocenters. The van der Waals surface area contributed by atoms with Gasteiger partial charge in [0.25, 0.3) is 0 Å². The van der Waals surface area contributed by atoms with Gasteiger partial charge in [0.1, 0.15) is 0 Å². The minimum atomic E-state index is -0.0142. The summed E-state index contributed by atoms with van der Waals surface area (Å²) in [7, 11) is 0. The van der Waals surface area contributed by atoms with Gasteiger partial charge in [-0.3, -0.25) is 9.78 Å². The molecule has 1 amide bonds. The first-order valence-electron chi connectivity index (χ1n) is 6.12. The molecule has 0 aliphatic heterocycles. The number of carbonyl (C=O) groups is 1. The fourth-order valence-corrected chi connectivity index (χ4v) is 1.98. The first-order valence-corrected chi connectivity index (χ1v) is 6.57. The number of benzene rings is 1. The van der Waals surface area contributed by atoms with Crippen molar-refractivity contribution in [2.75, 3.05) is 0 Å². The van der Waals surface area contributed by atoms with Crippen LogP contribution in [0.25, 0.3) is 0 Å². The summed E-state index contributed by atoms with van der Waals surface area (Å²) in [5.74, 6) is 0.0104. The standard InChI is InChI=1S/C15H16N2OS/c1-11(13-6-8-16-9-7-13)17-15(18)10-12-2-4-14(19)5-3-12/h2-9,11,19H,10H2,1H3,(H,17,18). The minimum Gasteiger partial charge on any atom is -0.349 e. The summed E-state index contributed by atoms with van der Waals surface area (Å²) in [5.41, 5.74) is 2.03. The normalized spacial score (nSPS) is 11.9. The van der Waals surface area contributed by atoms with Crippen molar-refractivity contribution in [3.05, 3.63) is 59.9 Å². The number of rotatable bonds is 4. The number of nitrogens with one attached hydrogen (secondary N) is 1. The Labute approximate surface area is 118 Å². The van der Waals surface area contributed by atoms with Crippen LogP contribution in [0.2, 0.25) is 0 Å². The van der Waals surface area contributed by atoms with E-state index in [1.165, 1.54) is 0 Å². The minimum absolute atomic E-state index is 0.0104. The highest BCUT2D eigenvalue weighted by Crippen LogP contribution is 2.12. The molecule has 0 aliphatic carbocycles. The average Bonchev–Trinajstić information content (AvgIpc) is 2.42. The lowest BCUT2D eigenvalue weighted by Crippen LogP contribution is -2.28. The Morgan fingerprint density at radius 2 is 1.84 bits per heavy atom. The molecule has 1 heterocycles. The van der Waals surface area contributed by atoms with Crippen molar-refractivity contribution in [3.8, 4) is 0 Å². The maximum Gasteiger partial charge on any atom is 0.224 e. The van der Waals surface area contributed by atoms with E-state index >= 15 is 0 Å². The predicted octanol–water partition coefficient (Wildman–Crippen LogP) is 2.79. The van der Waals surface area contributed by atoms with E-state index in [2.05, 4.69) is 22.9 Å². The highest BCUT2D eigenvalue weighted by molar-refractivity contribution is 7.80. The molecule has 2 aromatic rings. The smallest absolute Gasteiger partial charge is 0.224 e. The van der Waals surface area contributed by atoms with Crippen molar-refractivity contribution in [1.82, 2.24) is 10.3 Å². The third-order valence-corrected chi connectivity index (χ3v) is 3.18. The lowest BCUT2D eigenvalue weighted by molar-refractivity contribution is -0.121. The summed E-state index contributed by atoms with van der Waals surface area (Å²) in [4.78, 5) is 16.8. The van der Waals surface area contributed by atoms with E-state index in [4.69, 9.17) is 0 Å². The van der Waals surface area contributed by atoms with E-state index < -0.39 is 0 Å². The maximum atomic E-state index is 11.9. The largest absolute Gasteiger partial charge is 0.349 e. The number of hydrogen-bond acceptors (Lipinski definition) is 3. The molecular formula is C15H16N2OS. The van der Waals surface area contributed by atoms with Crippen molar-refractivity contribution in [1.29, 1.82) is 0 Å². The van der Waals surface area contributed by atoms with E-state index in [1.54, 1.807) is 12.4 Å². The molecule has 4 heteroatoms. The molecule has 0 saturated heterocycles. The number of thiol groups is 1. The molecule has 0 aliphatic rings. The predicted molar refractivity (Wildman–Crippen MR) is 78.2 cm³/mol.